The standard InChI is InChI=1S/C21H24N2O5S2/c1-13-5-2-3-7-16(13)28-11-18(24)23-21-19(15-6-4-8-17(15)29-21)20(25)22-14-9-10-30(26,27)12-14/h2-3,5,7,14H,4,6,8-12H2,1H3,(H,22,25)(H,23,24). The minimum atomic E-state index is -3.09. The lowest BCUT2D eigenvalue weighted by atomic mass is 10.1. The van der Waals surface area contributed by atoms with Crippen LogP contribution in [0.15, 0.2) is 24.3 Å². The van der Waals surface area contributed by atoms with E-state index in [1.165, 1.54) is 11.3 Å². The number of aryl methyl sites for hydroxylation is 2. The van der Waals surface area contributed by atoms with Crippen LogP contribution >= 0.6 is 11.3 Å². The summed E-state index contributed by atoms with van der Waals surface area (Å²) >= 11 is 1.42. The van der Waals surface area contributed by atoms with Gasteiger partial charge < -0.3 is 15.4 Å². The molecule has 4 rings (SSSR count). The second-order valence-corrected chi connectivity index (χ2v) is 11.1. The molecule has 1 unspecified atom stereocenters. The molecule has 2 aromatic rings. The van der Waals surface area contributed by atoms with Gasteiger partial charge in [-0.05, 0) is 49.8 Å². The molecule has 1 aromatic heterocycles. The normalized spacial score (nSPS) is 19.3. The number of carbonyl (C=O) groups excluding carboxylic acids is 2. The molecule has 1 aromatic carbocycles. The van der Waals surface area contributed by atoms with E-state index in [-0.39, 0.29) is 36.0 Å². The SMILES string of the molecule is Cc1ccccc1OCC(=O)Nc1sc2c(c1C(=O)NC1CCS(=O)(=O)C1)CCC2. The van der Waals surface area contributed by atoms with Crippen LogP contribution in [0.5, 0.6) is 5.75 Å². The average Bonchev–Trinajstić information content (AvgIpc) is 3.35. The van der Waals surface area contributed by atoms with Crippen LogP contribution in [0.2, 0.25) is 0 Å². The minimum absolute atomic E-state index is 0.0307. The first-order valence-electron chi connectivity index (χ1n) is 9.96. The van der Waals surface area contributed by atoms with Gasteiger partial charge in [0, 0.05) is 10.9 Å². The Labute approximate surface area is 179 Å². The summed E-state index contributed by atoms with van der Waals surface area (Å²) in [7, 11) is -3.09. The number of carbonyl (C=O) groups is 2. The van der Waals surface area contributed by atoms with Crippen LogP contribution in [0, 0.1) is 6.92 Å². The third kappa shape index (κ3) is 4.52. The van der Waals surface area contributed by atoms with E-state index in [9.17, 15) is 18.0 Å². The van der Waals surface area contributed by atoms with Crippen LogP contribution in [0.1, 0.15) is 39.2 Å². The summed E-state index contributed by atoms with van der Waals surface area (Å²) in [5.74, 6) is 0.0559. The van der Waals surface area contributed by atoms with Gasteiger partial charge in [0.2, 0.25) is 0 Å². The largest absolute Gasteiger partial charge is 0.483 e. The van der Waals surface area contributed by atoms with Crippen molar-refractivity contribution in [1.29, 1.82) is 0 Å². The molecule has 1 aliphatic carbocycles. The summed E-state index contributed by atoms with van der Waals surface area (Å²) in [6.07, 6.45) is 3.07. The number of fused-ring (bicyclic) bond motifs is 1. The molecule has 30 heavy (non-hydrogen) atoms. The van der Waals surface area contributed by atoms with E-state index in [1.54, 1.807) is 6.07 Å². The number of thiophene rings is 1. The summed E-state index contributed by atoms with van der Waals surface area (Å²) in [5, 5.41) is 6.19. The van der Waals surface area contributed by atoms with Crippen molar-refractivity contribution in [1.82, 2.24) is 5.32 Å². The molecule has 0 radical (unpaired) electrons. The zero-order chi connectivity index (χ0) is 21.3. The molecular formula is C21H24N2O5S2. The fourth-order valence-corrected chi connectivity index (χ4v) is 6.90. The van der Waals surface area contributed by atoms with Crippen molar-refractivity contribution in [2.24, 2.45) is 0 Å². The van der Waals surface area contributed by atoms with Gasteiger partial charge in [-0.25, -0.2) is 8.42 Å². The van der Waals surface area contributed by atoms with Crippen LogP contribution in [0.3, 0.4) is 0 Å². The van der Waals surface area contributed by atoms with Crippen molar-refractivity contribution >= 4 is 38.0 Å². The van der Waals surface area contributed by atoms with Crippen LogP contribution in [-0.4, -0.2) is 44.4 Å². The van der Waals surface area contributed by atoms with E-state index < -0.39 is 9.84 Å². The van der Waals surface area contributed by atoms with Gasteiger partial charge in [-0.15, -0.1) is 11.3 Å². The smallest absolute Gasteiger partial charge is 0.262 e. The number of ether oxygens (including phenoxy) is 1. The molecular weight excluding hydrogens is 424 g/mol. The lowest BCUT2D eigenvalue weighted by Gasteiger charge is -2.13. The fraction of sp³-hybridized carbons (Fsp3) is 0.429. The monoisotopic (exact) mass is 448 g/mol. The Kier molecular flexibility index (Phi) is 5.84. The van der Waals surface area contributed by atoms with Gasteiger partial charge in [0.25, 0.3) is 11.8 Å². The van der Waals surface area contributed by atoms with Crippen LogP contribution in [0.25, 0.3) is 0 Å². The zero-order valence-corrected chi connectivity index (χ0v) is 18.3. The van der Waals surface area contributed by atoms with Gasteiger partial charge in [0.1, 0.15) is 10.8 Å². The highest BCUT2D eigenvalue weighted by Gasteiger charge is 2.32. The Bertz CT molecular complexity index is 1090. The van der Waals surface area contributed by atoms with Gasteiger partial charge in [-0.1, -0.05) is 18.2 Å². The summed E-state index contributed by atoms with van der Waals surface area (Å²) in [5.41, 5.74) is 2.38. The van der Waals surface area contributed by atoms with E-state index in [4.69, 9.17) is 4.74 Å². The van der Waals surface area contributed by atoms with Gasteiger partial charge in [-0.3, -0.25) is 9.59 Å². The van der Waals surface area contributed by atoms with Crippen molar-refractivity contribution < 1.29 is 22.7 Å². The Morgan fingerprint density at radius 1 is 1.23 bits per heavy atom. The highest BCUT2D eigenvalue weighted by Crippen LogP contribution is 2.39. The number of rotatable bonds is 6. The maximum Gasteiger partial charge on any atom is 0.262 e. The fourth-order valence-electron chi connectivity index (χ4n) is 3.92. The van der Waals surface area contributed by atoms with Gasteiger partial charge in [0.05, 0.1) is 17.1 Å². The molecule has 1 aliphatic heterocycles. The third-order valence-corrected chi connectivity index (χ3v) is 8.40. The lowest BCUT2D eigenvalue weighted by Crippen LogP contribution is -2.36. The molecule has 2 N–H and O–H groups in total. The predicted molar refractivity (Wildman–Crippen MR) is 116 cm³/mol. The maximum absolute atomic E-state index is 13.0. The molecule has 9 heteroatoms. The van der Waals surface area contributed by atoms with Gasteiger partial charge in [-0.2, -0.15) is 0 Å². The summed E-state index contributed by atoms with van der Waals surface area (Å²) in [6.45, 7) is 1.75. The van der Waals surface area contributed by atoms with E-state index in [1.807, 2.05) is 25.1 Å². The van der Waals surface area contributed by atoms with Gasteiger partial charge in [0.15, 0.2) is 16.4 Å². The molecule has 2 amide bonds. The Morgan fingerprint density at radius 3 is 2.77 bits per heavy atom. The van der Waals surface area contributed by atoms with Crippen molar-refractivity contribution in [3.8, 4) is 5.75 Å². The summed E-state index contributed by atoms with van der Waals surface area (Å²) in [6, 6.07) is 7.07. The maximum atomic E-state index is 13.0. The minimum Gasteiger partial charge on any atom is -0.483 e. The van der Waals surface area contributed by atoms with E-state index in [0.717, 1.165) is 35.3 Å². The van der Waals surface area contributed by atoms with Crippen LogP contribution < -0.4 is 15.4 Å². The summed E-state index contributed by atoms with van der Waals surface area (Å²) < 4.78 is 29.0. The molecule has 0 bridgehead atoms. The number of amides is 2. The topological polar surface area (TPSA) is 102 Å². The van der Waals surface area contributed by atoms with E-state index >= 15 is 0 Å². The molecule has 0 saturated carbocycles. The van der Waals surface area contributed by atoms with Crippen molar-refractivity contribution in [3.05, 3.63) is 45.8 Å². The Balaban J connectivity index is 1.46. The number of sulfone groups is 1. The van der Waals surface area contributed by atoms with Crippen molar-refractivity contribution in [3.63, 3.8) is 0 Å². The van der Waals surface area contributed by atoms with Crippen molar-refractivity contribution in [2.45, 2.75) is 38.6 Å². The number of anilines is 1. The molecule has 1 fully saturated rings. The van der Waals surface area contributed by atoms with E-state index in [0.29, 0.717) is 22.7 Å². The predicted octanol–water partition coefficient (Wildman–Crippen LogP) is 2.48. The number of benzene rings is 1. The number of nitrogens with one attached hydrogen (secondary N) is 2. The average molecular weight is 449 g/mol. The first-order valence-corrected chi connectivity index (χ1v) is 12.6. The molecule has 1 atom stereocenters. The Morgan fingerprint density at radius 2 is 2.03 bits per heavy atom. The highest BCUT2D eigenvalue weighted by atomic mass is 32.2. The molecule has 2 heterocycles. The zero-order valence-electron chi connectivity index (χ0n) is 16.7. The van der Waals surface area contributed by atoms with Crippen molar-refractivity contribution in [2.75, 3.05) is 23.4 Å². The quantitative estimate of drug-likeness (QED) is 0.707. The first-order chi connectivity index (χ1) is 14.3. The first kappa shape index (κ1) is 20.9. The van der Waals surface area contributed by atoms with Gasteiger partial charge >= 0.3 is 0 Å². The lowest BCUT2D eigenvalue weighted by molar-refractivity contribution is -0.118. The second-order valence-electron chi connectivity index (χ2n) is 7.74. The molecule has 160 valence electrons. The van der Waals surface area contributed by atoms with Crippen LogP contribution in [0.4, 0.5) is 5.00 Å². The van der Waals surface area contributed by atoms with Crippen LogP contribution in [-0.2, 0) is 27.5 Å². The number of hydrogen-bond acceptors (Lipinski definition) is 6. The molecule has 1 saturated heterocycles. The summed E-state index contributed by atoms with van der Waals surface area (Å²) in [4.78, 5) is 26.6. The molecule has 2 aliphatic rings. The highest BCUT2D eigenvalue weighted by molar-refractivity contribution is 7.91. The third-order valence-electron chi connectivity index (χ3n) is 5.42. The Hall–Kier alpha value is -2.39. The molecule has 0 spiro atoms. The second kappa shape index (κ2) is 8.39. The van der Waals surface area contributed by atoms with E-state index in [2.05, 4.69) is 10.6 Å². The number of hydrogen-bond donors (Lipinski definition) is 2. The number of para-hydroxylation sites is 1. The molecule has 7 nitrogen and oxygen atoms in total.